The lowest BCUT2D eigenvalue weighted by atomic mass is 10.1. The van der Waals surface area contributed by atoms with Crippen molar-refractivity contribution >= 4 is 15.8 Å². The smallest absolute Gasteiger partial charge is 0.243 e. The van der Waals surface area contributed by atoms with Crippen molar-refractivity contribution < 1.29 is 22.5 Å². The third-order valence-corrected chi connectivity index (χ3v) is 7.28. The Balaban J connectivity index is 1.62. The van der Waals surface area contributed by atoms with Gasteiger partial charge in [0, 0.05) is 24.0 Å². The molecule has 0 aliphatic carbocycles. The molecule has 2 heterocycles. The number of hydrogen-bond acceptors (Lipinski definition) is 3. The van der Waals surface area contributed by atoms with Crippen LogP contribution in [0.15, 0.2) is 35.2 Å². The Morgan fingerprint density at radius 3 is 2.26 bits per heavy atom. The Kier molecular flexibility index (Phi) is 5.50. The van der Waals surface area contributed by atoms with Gasteiger partial charge < -0.3 is 9.47 Å². The highest BCUT2D eigenvalue weighted by atomic mass is 32.2. The highest BCUT2D eigenvalue weighted by molar-refractivity contribution is 7.89. The number of halogens is 1. The lowest BCUT2D eigenvalue weighted by Gasteiger charge is -2.31. The summed E-state index contributed by atoms with van der Waals surface area (Å²) in [6, 6.07) is 6.78. The molecule has 0 saturated carbocycles. The van der Waals surface area contributed by atoms with Gasteiger partial charge in [-0.3, -0.25) is 4.79 Å². The number of aryl methyl sites for hydroxylation is 1. The summed E-state index contributed by atoms with van der Waals surface area (Å²) in [5, 5.41) is 0. The van der Waals surface area contributed by atoms with Crippen molar-refractivity contribution in [2.45, 2.75) is 18.7 Å². The Labute approximate surface area is 159 Å². The number of Topliss-reactive ketones (excluding diaryl/α,β-unsaturated/α-hetero) is 1. The first-order chi connectivity index (χ1) is 12.7. The summed E-state index contributed by atoms with van der Waals surface area (Å²) in [4.78, 5) is 13.8. The maximum Gasteiger partial charge on any atom is 0.243 e. The summed E-state index contributed by atoms with van der Waals surface area (Å²) < 4.78 is 41.8. The van der Waals surface area contributed by atoms with E-state index in [-0.39, 0.29) is 10.7 Å². The van der Waals surface area contributed by atoms with Crippen LogP contribution in [-0.4, -0.2) is 55.8 Å². The average molecular weight is 394 g/mol. The van der Waals surface area contributed by atoms with E-state index in [2.05, 4.69) is 0 Å². The molecule has 1 aliphatic heterocycles. The Bertz CT molecular complexity index is 943. The van der Waals surface area contributed by atoms with Crippen LogP contribution in [0.4, 0.5) is 4.39 Å². The van der Waals surface area contributed by atoms with E-state index in [1.165, 1.54) is 16.4 Å². The normalized spacial score (nSPS) is 16.6. The van der Waals surface area contributed by atoms with Crippen LogP contribution in [0.25, 0.3) is 0 Å². The Morgan fingerprint density at radius 2 is 1.74 bits per heavy atom. The summed E-state index contributed by atoms with van der Waals surface area (Å²) >= 11 is 0. The maximum absolute atomic E-state index is 13.0. The summed E-state index contributed by atoms with van der Waals surface area (Å²) in [5.41, 5.74) is 2.74. The second-order valence-electron chi connectivity index (χ2n) is 7.05. The fourth-order valence-corrected chi connectivity index (χ4v) is 4.88. The predicted molar refractivity (Wildman–Crippen MR) is 99.9 cm³/mol. The molecule has 0 amide bonds. The number of carbonyl (C=O) groups excluding carboxylic acids is 1. The van der Waals surface area contributed by atoms with Crippen LogP contribution in [0.2, 0.25) is 0 Å². The highest BCUT2D eigenvalue weighted by Crippen LogP contribution is 2.16. The van der Waals surface area contributed by atoms with E-state index in [1.54, 1.807) is 0 Å². The quantitative estimate of drug-likeness (QED) is 0.754. The third kappa shape index (κ3) is 3.97. The van der Waals surface area contributed by atoms with Gasteiger partial charge in [-0.1, -0.05) is 0 Å². The van der Waals surface area contributed by atoms with Gasteiger partial charge in [0.05, 0.1) is 31.1 Å². The molecule has 3 rings (SSSR count). The number of rotatable bonds is 5. The molecule has 0 radical (unpaired) electrons. The molecule has 0 spiro atoms. The second kappa shape index (κ2) is 7.53. The monoisotopic (exact) mass is 394 g/mol. The molecule has 1 aromatic carbocycles. The van der Waals surface area contributed by atoms with Crippen LogP contribution in [0.5, 0.6) is 0 Å². The number of hydrogen-bond donors (Lipinski definition) is 1. The van der Waals surface area contributed by atoms with Gasteiger partial charge in [-0.05, 0) is 44.2 Å². The molecule has 1 saturated heterocycles. The first-order valence-corrected chi connectivity index (χ1v) is 10.4. The summed E-state index contributed by atoms with van der Waals surface area (Å²) in [7, 11) is -1.69. The molecule has 0 atom stereocenters. The third-order valence-electron chi connectivity index (χ3n) is 5.37. The molecule has 146 valence electrons. The zero-order valence-corrected chi connectivity index (χ0v) is 16.6. The fourth-order valence-electron chi connectivity index (χ4n) is 3.44. The molecule has 1 N–H and O–H groups in total. The van der Waals surface area contributed by atoms with Crippen molar-refractivity contribution in [3.05, 3.63) is 53.1 Å². The lowest BCUT2D eigenvalue weighted by Crippen LogP contribution is -3.15. The van der Waals surface area contributed by atoms with Gasteiger partial charge in [0.25, 0.3) is 0 Å². The predicted octanol–water partition coefficient (Wildman–Crippen LogP) is 0.553. The van der Waals surface area contributed by atoms with E-state index in [9.17, 15) is 17.6 Å². The number of aromatic nitrogens is 1. The number of nitrogens with zero attached hydrogens (tertiary/aromatic N) is 2. The van der Waals surface area contributed by atoms with E-state index in [0.717, 1.165) is 34.0 Å². The number of benzene rings is 1. The van der Waals surface area contributed by atoms with Gasteiger partial charge in [0.15, 0.2) is 0 Å². The fraction of sp³-hybridized carbons (Fsp3) is 0.421. The van der Waals surface area contributed by atoms with Crippen LogP contribution in [0, 0.1) is 19.7 Å². The summed E-state index contributed by atoms with van der Waals surface area (Å²) in [6.45, 7) is 6.07. The second-order valence-corrected chi connectivity index (χ2v) is 8.99. The van der Waals surface area contributed by atoms with Gasteiger partial charge in [-0.15, -0.1) is 0 Å². The van der Waals surface area contributed by atoms with E-state index < -0.39 is 15.8 Å². The highest BCUT2D eigenvalue weighted by Gasteiger charge is 2.31. The minimum Gasteiger partial charge on any atom is -0.351 e. The summed E-state index contributed by atoms with van der Waals surface area (Å²) in [5.74, 6) is -0.380. The van der Waals surface area contributed by atoms with Crippen molar-refractivity contribution in [1.29, 1.82) is 0 Å². The minimum absolute atomic E-state index is 0.0843. The molecular weight excluding hydrogens is 369 g/mol. The van der Waals surface area contributed by atoms with Crippen molar-refractivity contribution in [3.8, 4) is 0 Å². The van der Waals surface area contributed by atoms with Crippen molar-refractivity contribution in [1.82, 2.24) is 8.87 Å². The number of ketones is 1. The number of piperazine rings is 1. The van der Waals surface area contributed by atoms with E-state index in [0.29, 0.717) is 32.7 Å². The lowest BCUT2D eigenvalue weighted by molar-refractivity contribution is -0.895. The number of quaternary nitrogens is 1. The molecule has 1 fully saturated rings. The van der Waals surface area contributed by atoms with E-state index >= 15 is 0 Å². The molecule has 8 heteroatoms. The first kappa shape index (κ1) is 19.7. The van der Waals surface area contributed by atoms with Crippen LogP contribution >= 0.6 is 0 Å². The Morgan fingerprint density at radius 1 is 1.15 bits per heavy atom. The zero-order chi connectivity index (χ0) is 19.8. The largest absolute Gasteiger partial charge is 0.351 e. The topological polar surface area (TPSA) is 63.8 Å². The maximum atomic E-state index is 13.0. The Hall–Kier alpha value is -2.03. The molecule has 1 aliphatic rings. The minimum atomic E-state index is -3.63. The molecule has 0 unspecified atom stereocenters. The molecular formula is C19H25FN3O3S+. The van der Waals surface area contributed by atoms with Gasteiger partial charge in [0.1, 0.15) is 12.4 Å². The van der Waals surface area contributed by atoms with E-state index in [1.807, 2.05) is 31.5 Å². The number of carbonyl (C=O) groups is 1. The molecule has 0 bridgehead atoms. The molecule has 1 aromatic heterocycles. The number of nitrogens with one attached hydrogen (secondary N) is 1. The van der Waals surface area contributed by atoms with Gasteiger partial charge >= 0.3 is 0 Å². The standard InChI is InChI=1S/C19H24FN3O3S/c1-14-12-18(15(2)21(14)3)19(24)13-22-8-10-23(11-9-22)27(25,26)17-6-4-16(20)5-7-17/h4-7,12H,8-11,13H2,1-3H3/p+1. The SMILES string of the molecule is Cc1cc(C(=O)C[NH+]2CCN(S(=O)(=O)c3ccc(F)cc3)CC2)c(C)n1C. The average Bonchev–Trinajstić information content (AvgIpc) is 2.90. The zero-order valence-electron chi connectivity index (χ0n) is 15.8. The summed E-state index contributed by atoms with van der Waals surface area (Å²) in [6.07, 6.45) is 0. The van der Waals surface area contributed by atoms with Crippen LogP contribution < -0.4 is 4.90 Å². The molecule has 2 aromatic rings. The van der Waals surface area contributed by atoms with Gasteiger partial charge in [-0.2, -0.15) is 4.31 Å². The number of sulfonamides is 1. The van der Waals surface area contributed by atoms with Crippen molar-refractivity contribution in [3.63, 3.8) is 0 Å². The van der Waals surface area contributed by atoms with Gasteiger partial charge in [0.2, 0.25) is 15.8 Å². The van der Waals surface area contributed by atoms with Crippen molar-refractivity contribution in [2.75, 3.05) is 32.7 Å². The first-order valence-electron chi connectivity index (χ1n) is 8.95. The van der Waals surface area contributed by atoms with Crippen molar-refractivity contribution in [2.24, 2.45) is 7.05 Å². The van der Waals surface area contributed by atoms with Gasteiger partial charge in [-0.25, -0.2) is 12.8 Å². The molecule has 27 heavy (non-hydrogen) atoms. The van der Waals surface area contributed by atoms with Crippen LogP contribution in [0.1, 0.15) is 21.7 Å². The van der Waals surface area contributed by atoms with Crippen LogP contribution in [-0.2, 0) is 17.1 Å². The van der Waals surface area contributed by atoms with Crippen LogP contribution in [0.3, 0.4) is 0 Å². The molecule has 6 nitrogen and oxygen atoms in total. The van der Waals surface area contributed by atoms with E-state index in [4.69, 9.17) is 0 Å².